The summed E-state index contributed by atoms with van der Waals surface area (Å²) in [6, 6.07) is 0. The molecule has 0 spiro atoms. The van der Waals surface area contributed by atoms with Gasteiger partial charge in [0.2, 0.25) is 0 Å². The summed E-state index contributed by atoms with van der Waals surface area (Å²) in [4.78, 5) is 13.4. The van der Waals surface area contributed by atoms with E-state index in [9.17, 15) is 25.9 Å². The molecule has 0 aromatic carbocycles. The van der Waals surface area contributed by atoms with Crippen molar-refractivity contribution in [2.45, 2.75) is 10.1 Å². The maximum absolute atomic E-state index is 10.2. The number of hydrogen-bond donors (Lipinski definition) is 0. The average molecular weight is 382 g/mol. The average Bonchev–Trinajstić information content (AvgIpc) is 2.40. The second-order valence-corrected chi connectivity index (χ2v) is 5.65. The van der Waals surface area contributed by atoms with Crippen molar-refractivity contribution in [3.63, 3.8) is 0 Å². The Bertz CT molecular complexity index is 686. The van der Waals surface area contributed by atoms with E-state index < -0.39 is 30.3 Å². The van der Waals surface area contributed by atoms with Crippen LogP contribution in [0.5, 0.6) is 0 Å². The van der Waals surface area contributed by atoms with E-state index in [4.69, 9.17) is 0 Å². The van der Waals surface area contributed by atoms with Gasteiger partial charge in [-0.05, 0) is 0 Å². The third-order valence-electron chi connectivity index (χ3n) is 1.59. The number of aromatic nitrogens is 4. The summed E-state index contributed by atoms with van der Waals surface area (Å²) in [5.74, 6) is 0. The van der Waals surface area contributed by atoms with Crippen LogP contribution < -0.4 is 0 Å². The molecule has 2 aromatic heterocycles. The molecule has 13 heteroatoms. The maximum Gasteiger partial charge on any atom is 2.00 e. The third kappa shape index (κ3) is 7.17. The Morgan fingerprint density at radius 2 is 1.05 bits per heavy atom. The number of rotatable bonds is 2. The molecule has 0 unspecified atom stereocenters. The number of nitrogens with zero attached hydrogens (tertiary/aromatic N) is 4. The minimum absolute atomic E-state index is 0. The van der Waals surface area contributed by atoms with E-state index in [1.54, 1.807) is 0 Å². The van der Waals surface area contributed by atoms with Crippen LogP contribution in [0.2, 0.25) is 0 Å². The first kappa shape index (κ1) is 19.5. The molecule has 0 fully saturated rings. The van der Waals surface area contributed by atoms with E-state index in [0.29, 0.717) is 0 Å². The normalized spacial score (nSPS) is 10.8. The summed E-state index contributed by atoms with van der Waals surface area (Å²) in [5.41, 5.74) is 0. The van der Waals surface area contributed by atoms with E-state index in [1.165, 1.54) is 12.4 Å². The van der Waals surface area contributed by atoms with E-state index in [1.807, 2.05) is 0 Å². The molecule has 0 bridgehead atoms. The first-order valence-corrected chi connectivity index (χ1v) is 7.47. The van der Waals surface area contributed by atoms with Crippen LogP contribution in [-0.2, 0) is 37.3 Å². The Morgan fingerprint density at radius 3 is 1.19 bits per heavy atom. The van der Waals surface area contributed by atoms with Crippen LogP contribution in [0.1, 0.15) is 0 Å². The first-order chi connectivity index (χ1) is 9.21. The third-order valence-corrected chi connectivity index (χ3v) is 3.04. The quantitative estimate of drug-likeness (QED) is 0.453. The second kappa shape index (κ2) is 8.07. The zero-order valence-electron chi connectivity index (χ0n) is 9.82. The maximum atomic E-state index is 10.2. The predicted octanol–water partition coefficient (Wildman–Crippen LogP) is -1.24. The van der Waals surface area contributed by atoms with Crippen molar-refractivity contribution in [2.75, 3.05) is 0 Å². The van der Waals surface area contributed by atoms with Crippen molar-refractivity contribution in [3.8, 4) is 0 Å². The number of hydrogen-bond acceptors (Lipinski definition) is 10. The zero-order chi connectivity index (χ0) is 15.2. The van der Waals surface area contributed by atoms with Gasteiger partial charge >= 0.3 is 17.1 Å². The molecule has 21 heavy (non-hydrogen) atoms. The van der Waals surface area contributed by atoms with Crippen LogP contribution >= 0.6 is 0 Å². The summed E-state index contributed by atoms with van der Waals surface area (Å²) in [5, 5.41) is -1.09. The molecule has 0 amide bonds. The molecule has 117 valence electrons. The van der Waals surface area contributed by atoms with Crippen molar-refractivity contribution in [1.29, 1.82) is 0 Å². The van der Waals surface area contributed by atoms with Crippen LogP contribution in [0.15, 0.2) is 47.2 Å². The van der Waals surface area contributed by atoms with Crippen LogP contribution in [0.25, 0.3) is 0 Å². The molecule has 0 atom stereocenters. The molecule has 0 aliphatic rings. The van der Waals surface area contributed by atoms with Gasteiger partial charge in [-0.2, -0.15) is 0 Å². The van der Waals surface area contributed by atoms with Crippen LogP contribution in [0.3, 0.4) is 0 Å². The zero-order valence-corrected chi connectivity index (χ0v) is 12.4. The molecule has 0 saturated carbocycles. The van der Waals surface area contributed by atoms with Crippen molar-refractivity contribution < 1.29 is 43.0 Å². The molecule has 0 N–H and O–H groups in total. The largest absolute Gasteiger partial charge is 2.00 e. The summed E-state index contributed by atoms with van der Waals surface area (Å²) in [6.07, 6.45) is 6.67. The Morgan fingerprint density at radius 1 is 0.714 bits per heavy atom. The van der Waals surface area contributed by atoms with Crippen molar-refractivity contribution in [2.24, 2.45) is 0 Å². The predicted molar refractivity (Wildman–Crippen MR) is 60.0 cm³/mol. The molecular formula is C8H6CuN4O6S2. The fourth-order valence-corrected chi connectivity index (χ4v) is 1.59. The topological polar surface area (TPSA) is 166 Å². The van der Waals surface area contributed by atoms with E-state index >= 15 is 0 Å². The second-order valence-electron chi connectivity index (χ2n) is 3.00. The fourth-order valence-electron chi connectivity index (χ4n) is 0.829. The molecule has 1 radical (unpaired) electrons. The molecule has 2 rings (SSSR count). The van der Waals surface area contributed by atoms with Crippen LogP contribution in [0, 0.1) is 0 Å². The molecule has 0 saturated heterocycles. The summed E-state index contributed by atoms with van der Waals surface area (Å²) in [6.45, 7) is 0. The fraction of sp³-hybridized carbons (Fsp3) is 0. The van der Waals surface area contributed by atoms with Gasteiger partial charge in [-0.15, -0.1) is 0 Å². The van der Waals surface area contributed by atoms with Crippen LogP contribution in [-0.4, -0.2) is 45.9 Å². The van der Waals surface area contributed by atoms with Gasteiger partial charge in [-0.3, -0.25) is 9.97 Å². The Kier molecular flexibility index (Phi) is 7.49. The Hall–Kier alpha value is -1.50. The van der Waals surface area contributed by atoms with Gasteiger partial charge in [0.15, 0.2) is 10.1 Å². The first-order valence-electron chi connectivity index (χ1n) is 4.65. The summed E-state index contributed by atoms with van der Waals surface area (Å²) >= 11 is 0. The monoisotopic (exact) mass is 381 g/mol. The van der Waals surface area contributed by atoms with Crippen molar-refractivity contribution in [3.05, 3.63) is 37.2 Å². The van der Waals surface area contributed by atoms with Gasteiger partial charge in [0.25, 0.3) is 0 Å². The standard InChI is InChI=1S/2C4H4N2O3S.Cu/c2*7-10(8,9)4-3-5-1-2-6-4;/h2*1-3H,(H,7,8,9);/q;;+2/p-2. The van der Waals surface area contributed by atoms with Gasteiger partial charge in [0.1, 0.15) is 20.2 Å². The summed E-state index contributed by atoms with van der Waals surface area (Å²) < 4.78 is 61.0. The van der Waals surface area contributed by atoms with Gasteiger partial charge in [-0.25, -0.2) is 26.8 Å². The van der Waals surface area contributed by atoms with Gasteiger partial charge in [-0.1, -0.05) is 0 Å². The Balaban J connectivity index is 0.000000364. The molecule has 0 aliphatic carbocycles. The minimum Gasteiger partial charge on any atom is -0.743 e. The van der Waals surface area contributed by atoms with Gasteiger partial charge in [0.05, 0.1) is 12.4 Å². The van der Waals surface area contributed by atoms with E-state index in [0.717, 1.165) is 24.8 Å². The van der Waals surface area contributed by atoms with E-state index in [-0.39, 0.29) is 17.1 Å². The van der Waals surface area contributed by atoms with Gasteiger partial charge in [0, 0.05) is 24.8 Å². The van der Waals surface area contributed by atoms with Gasteiger partial charge < -0.3 is 9.11 Å². The molecular weight excluding hydrogens is 376 g/mol. The minimum atomic E-state index is -4.43. The molecule has 2 heterocycles. The van der Waals surface area contributed by atoms with E-state index in [2.05, 4.69) is 19.9 Å². The van der Waals surface area contributed by atoms with Crippen molar-refractivity contribution >= 4 is 20.2 Å². The SMILES string of the molecule is O=S(=O)([O-])c1cnccn1.O=S(=O)([O-])c1cnccn1.[Cu+2]. The summed E-state index contributed by atoms with van der Waals surface area (Å²) in [7, 11) is -8.85. The molecule has 10 nitrogen and oxygen atoms in total. The van der Waals surface area contributed by atoms with Crippen molar-refractivity contribution in [1.82, 2.24) is 19.9 Å². The smallest absolute Gasteiger partial charge is 0.743 e. The Labute approximate surface area is 130 Å². The van der Waals surface area contributed by atoms with Crippen LogP contribution in [0.4, 0.5) is 0 Å². The molecule has 2 aromatic rings. The molecule has 0 aliphatic heterocycles.